The van der Waals surface area contributed by atoms with Crippen molar-refractivity contribution in [2.24, 2.45) is 0 Å². The highest BCUT2D eigenvalue weighted by atomic mass is 35.5. The number of aromatic amines is 1. The van der Waals surface area contributed by atoms with E-state index < -0.39 is 46.8 Å². The normalized spacial score (nSPS) is 14.8. The van der Waals surface area contributed by atoms with Crippen molar-refractivity contribution in [3.8, 4) is 6.07 Å². The van der Waals surface area contributed by atoms with Crippen LogP contribution in [-0.4, -0.2) is 22.0 Å². The summed E-state index contributed by atoms with van der Waals surface area (Å²) in [5.41, 5.74) is -1.92. The van der Waals surface area contributed by atoms with Crippen molar-refractivity contribution >= 4 is 40.0 Å². The van der Waals surface area contributed by atoms with E-state index in [-0.39, 0.29) is 50.1 Å². The highest BCUT2D eigenvalue weighted by Crippen LogP contribution is 2.43. The summed E-state index contributed by atoms with van der Waals surface area (Å²) < 4.78 is 67.5. The SMILES string of the molecule is N#Cc1n[nH]c2c3c(c(NC(=O)c4cc(F)cc(C(F)(F)F)c4)cc12)[C@@H](c1cc(F)ccc1Cl)NC3=O. The third-order valence-electron chi connectivity index (χ3n) is 5.80. The Kier molecular flexibility index (Phi) is 5.60. The first-order valence-corrected chi connectivity index (χ1v) is 10.8. The standard InChI is InChI=1S/C24H11ClF5N5O2/c25-15-2-1-11(26)6-13(15)20-18-16(7-14-17(8-31)34-35-21(14)19(18)23(37)33-20)32-22(36)9-3-10(24(28,29)30)5-12(27)4-9/h1-7,20H,(H,32,36)(H,33,37)(H,34,35)/t20-/m1/s1. The van der Waals surface area contributed by atoms with Gasteiger partial charge >= 0.3 is 6.18 Å². The summed E-state index contributed by atoms with van der Waals surface area (Å²) in [6.07, 6.45) is -4.91. The number of nitriles is 1. The zero-order valence-electron chi connectivity index (χ0n) is 18.1. The van der Waals surface area contributed by atoms with Gasteiger partial charge in [-0.05, 0) is 42.5 Å². The molecule has 2 heterocycles. The quantitative estimate of drug-likeness (QED) is 0.304. The molecule has 0 bridgehead atoms. The lowest BCUT2D eigenvalue weighted by atomic mass is 9.94. The van der Waals surface area contributed by atoms with E-state index >= 15 is 0 Å². The van der Waals surface area contributed by atoms with Gasteiger partial charge in [0.05, 0.1) is 22.7 Å². The van der Waals surface area contributed by atoms with Crippen LogP contribution in [0.25, 0.3) is 10.9 Å². The molecule has 7 nitrogen and oxygen atoms in total. The van der Waals surface area contributed by atoms with Gasteiger partial charge < -0.3 is 10.6 Å². The van der Waals surface area contributed by atoms with Crippen LogP contribution in [0.4, 0.5) is 27.6 Å². The Morgan fingerprint density at radius 2 is 1.86 bits per heavy atom. The number of alkyl halides is 3. The van der Waals surface area contributed by atoms with Gasteiger partial charge in [0.15, 0.2) is 5.69 Å². The molecular formula is C24H11ClF5N5O2. The van der Waals surface area contributed by atoms with Crippen LogP contribution in [-0.2, 0) is 6.18 Å². The number of carbonyl (C=O) groups excluding carboxylic acids is 2. The summed E-state index contributed by atoms with van der Waals surface area (Å²) in [6, 6.07) is 6.81. The molecule has 4 aromatic rings. The Balaban J connectivity index is 1.70. The Morgan fingerprint density at radius 1 is 1.11 bits per heavy atom. The molecule has 0 saturated heterocycles. The van der Waals surface area contributed by atoms with E-state index in [1.165, 1.54) is 12.1 Å². The van der Waals surface area contributed by atoms with Crippen molar-refractivity contribution in [2.75, 3.05) is 5.32 Å². The molecule has 0 unspecified atom stereocenters. The predicted octanol–water partition coefficient (Wildman–Crippen LogP) is 5.47. The largest absolute Gasteiger partial charge is 0.416 e. The van der Waals surface area contributed by atoms with Gasteiger partial charge in [0.25, 0.3) is 11.8 Å². The summed E-state index contributed by atoms with van der Waals surface area (Å²) in [6.45, 7) is 0. The number of rotatable bonds is 3. The summed E-state index contributed by atoms with van der Waals surface area (Å²) in [5, 5.41) is 21.1. The van der Waals surface area contributed by atoms with Crippen LogP contribution in [0.2, 0.25) is 5.02 Å². The summed E-state index contributed by atoms with van der Waals surface area (Å²) in [5.74, 6) is -3.75. The van der Waals surface area contributed by atoms with Crippen LogP contribution < -0.4 is 10.6 Å². The minimum Gasteiger partial charge on any atom is -0.341 e. The van der Waals surface area contributed by atoms with Crippen LogP contribution >= 0.6 is 11.6 Å². The number of benzene rings is 3. The molecule has 0 fully saturated rings. The molecule has 3 aromatic carbocycles. The highest BCUT2D eigenvalue weighted by molar-refractivity contribution is 6.31. The van der Waals surface area contributed by atoms with E-state index in [1.807, 2.05) is 6.07 Å². The lowest BCUT2D eigenvalue weighted by Crippen LogP contribution is -2.21. The lowest BCUT2D eigenvalue weighted by Gasteiger charge is -2.18. The number of hydrogen-bond acceptors (Lipinski definition) is 4. The maximum absolute atomic E-state index is 14.1. The predicted molar refractivity (Wildman–Crippen MR) is 121 cm³/mol. The van der Waals surface area contributed by atoms with E-state index in [2.05, 4.69) is 20.8 Å². The molecule has 3 N–H and O–H groups in total. The van der Waals surface area contributed by atoms with Gasteiger partial charge in [-0.3, -0.25) is 14.7 Å². The van der Waals surface area contributed by atoms with Crippen molar-refractivity contribution < 1.29 is 31.5 Å². The lowest BCUT2D eigenvalue weighted by molar-refractivity contribution is -0.137. The van der Waals surface area contributed by atoms with Gasteiger partial charge in [-0.1, -0.05) is 11.6 Å². The van der Waals surface area contributed by atoms with Gasteiger partial charge in [-0.2, -0.15) is 23.5 Å². The number of carbonyl (C=O) groups is 2. The average Bonchev–Trinajstić information content (AvgIpc) is 3.40. The molecule has 1 aliphatic heterocycles. The minimum atomic E-state index is -4.91. The Labute approximate surface area is 208 Å². The first-order chi connectivity index (χ1) is 17.5. The molecule has 0 saturated carbocycles. The second kappa shape index (κ2) is 8.56. The Bertz CT molecular complexity index is 1680. The summed E-state index contributed by atoms with van der Waals surface area (Å²) >= 11 is 6.25. The highest BCUT2D eigenvalue weighted by Gasteiger charge is 2.37. The van der Waals surface area contributed by atoms with Gasteiger partial charge in [0.1, 0.15) is 17.7 Å². The van der Waals surface area contributed by atoms with Gasteiger partial charge in [-0.15, -0.1) is 0 Å². The number of anilines is 1. The first kappa shape index (κ1) is 24.2. The van der Waals surface area contributed by atoms with Crippen molar-refractivity contribution in [3.63, 3.8) is 0 Å². The topological polar surface area (TPSA) is 111 Å². The molecule has 0 radical (unpaired) electrons. The molecule has 13 heteroatoms. The van der Waals surface area contributed by atoms with E-state index in [4.69, 9.17) is 11.6 Å². The molecule has 1 aliphatic rings. The molecule has 5 rings (SSSR count). The van der Waals surface area contributed by atoms with Crippen LogP contribution in [0.15, 0.2) is 42.5 Å². The van der Waals surface area contributed by atoms with Crippen LogP contribution in [0.3, 0.4) is 0 Å². The number of H-pyrrole nitrogens is 1. The molecule has 37 heavy (non-hydrogen) atoms. The van der Waals surface area contributed by atoms with Gasteiger partial charge in [0.2, 0.25) is 0 Å². The number of nitrogens with one attached hydrogen (secondary N) is 3. The van der Waals surface area contributed by atoms with Gasteiger partial charge in [-0.25, -0.2) is 8.78 Å². The maximum Gasteiger partial charge on any atom is 0.416 e. The number of nitrogens with zero attached hydrogens (tertiary/aromatic N) is 2. The van der Waals surface area contributed by atoms with E-state index in [9.17, 15) is 36.8 Å². The third-order valence-corrected chi connectivity index (χ3v) is 6.15. The maximum atomic E-state index is 14.1. The molecule has 2 amide bonds. The Hall–Kier alpha value is -4.50. The van der Waals surface area contributed by atoms with Crippen molar-refractivity contribution in [1.29, 1.82) is 5.26 Å². The molecule has 1 atom stereocenters. The number of aromatic nitrogens is 2. The van der Waals surface area contributed by atoms with Gasteiger partial charge in [0, 0.05) is 32.8 Å². The fourth-order valence-corrected chi connectivity index (χ4v) is 4.45. The fraction of sp³-hybridized carbons (Fsp3) is 0.0833. The number of amides is 2. The van der Waals surface area contributed by atoms with Crippen molar-refractivity contribution in [2.45, 2.75) is 12.2 Å². The first-order valence-electron chi connectivity index (χ1n) is 10.4. The molecule has 0 aliphatic carbocycles. The molecular weight excluding hydrogens is 521 g/mol. The second-order valence-electron chi connectivity index (χ2n) is 8.07. The number of halogens is 6. The summed E-state index contributed by atoms with van der Waals surface area (Å²) in [4.78, 5) is 26.0. The van der Waals surface area contributed by atoms with Crippen molar-refractivity contribution in [1.82, 2.24) is 15.5 Å². The van der Waals surface area contributed by atoms with Crippen molar-refractivity contribution in [3.05, 3.63) is 92.6 Å². The van der Waals surface area contributed by atoms with E-state index in [1.54, 1.807) is 0 Å². The van der Waals surface area contributed by atoms with Crippen LogP contribution in [0.5, 0.6) is 0 Å². The number of hydrogen-bond donors (Lipinski definition) is 3. The second-order valence-corrected chi connectivity index (χ2v) is 8.48. The fourth-order valence-electron chi connectivity index (χ4n) is 4.22. The monoisotopic (exact) mass is 531 g/mol. The number of fused-ring (bicyclic) bond motifs is 3. The molecule has 1 aromatic heterocycles. The smallest absolute Gasteiger partial charge is 0.341 e. The van der Waals surface area contributed by atoms with Crippen LogP contribution in [0, 0.1) is 23.0 Å². The minimum absolute atomic E-state index is 0.0395. The Morgan fingerprint density at radius 3 is 2.57 bits per heavy atom. The van der Waals surface area contributed by atoms with E-state index in [0.29, 0.717) is 12.1 Å². The summed E-state index contributed by atoms with van der Waals surface area (Å²) in [7, 11) is 0. The van der Waals surface area contributed by atoms with Crippen LogP contribution in [0.1, 0.15) is 49.1 Å². The zero-order valence-corrected chi connectivity index (χ0v) is 18.9. The zero-order chi connectivity index (χ0) is 26.6. The molecule has 0 spiro atoms. The third kappa shape index (κ3) is 4.13. The van der Waals surface area contributed by atoms with E-state index in [0.717, 1.165) is 12.1 Å². The average molecular weight is 532 g/mol. The molecule has 186 valence electrons.